The zero-order valence-electron chi connectivity index (χ0n) is 16.1. The molecule has 3 rings (SSSR count). The summed E-state index contributed by atoms with van der Waals surface area (Å²) in [5.74, 6) is 0.428. The van der Waals surface area contributed by atoms with Crippen LogP contribution < -0.4 is 4.90 Å². The van der Waals surface area contributed by atoms with Crippen molar-refractivity contribution in [1.82, 2.24) is 4.98 Å². The number of ether oxygens (including phenoxy) is 1. The minimum absolute atomic E-state index is 0.0393. The molecule has 3 aromatic rings. The van der Waals surface area contributed by atoms with Gasteiger partial charge in [0.05, 0.1) is 29.8 Å². The number of carbonyl (C=O) groups is 1. The largest absolute Gasteiger partial charge is 0.381 e. The van der Waals surface area contributed by atoms with Crippen LogP contribution in [0.4, 0.5) is 5.13 Å². The molecule has 1 heterocycles. The van der Waals surface area contributed by atoms with Crippen molar-refractivity contribution in [1.29, 1.82) is 0 Å². The van der Waals surface area contributed by atoms with Crippen LogP contribution in [0.2, 0.25) is 0 Å². The fourth-order valence-corrected chi connectivity index (χ4v) is 4.02. The van der Waals surface area contributed by atoms with Gasteiger partial charge in [0.2, 0.25) is 5.91 Å². The molecule has 0 aliphatic heterocycles. The van der Waals surface area contributed by atoms with Gasteiger partial charge in [0.1, 0.15) is 0 Å². The van der Waals surface area contributed by atoms with Gasteiger partial charge in [0.15, 0.2) is 5.13 Å². The van der Waals surface area contributed by atoms with Gasteiger partial charge in [-0.2, -0.15) is 0 Å². The van der Waals surface area contributed by atoms with E-state index in [0.29, 0.717) is 32.1 Å². The van der Waals surface area contributed by atoms with Gasteiger partial charge in [-0.3, -0.25) is 9.69 Å². The standard InChI is InChI=1S/C22H26N2O2S/c1-4-26-14-13-20(25)24(15-17-9-6-5-7-10-17)22-23-21-18(16(2)3)11-8-12-19(21)27-22/h5-12,16H,4,13-15H2,1-3H3. The maximum absolute atomic E-state index is 12.9. The summed E-state index contributed by atoms with van der Waals surface area (Å²) in [4.78, 5) is 19.6. The van der Waals surface area contributed by atoms with Gasteiger partial charge in [-0.05, 0) is 30.0 Å². The van der Waals surface area contributed by atoms with Gasteiger partial charge in [-0.25, -0.2) is 4.98 Å². The summed E-state index contributed by atoms with van der Waals surface area (Å²) in [6.45, 7) is 7.84. The first-order chi connectivity index (χ1) is 13.1. The molecule has 0 saturated heterocycles. The van der Waals surface area contributed by atoms with Crippen LogP contribution in [0.5, 0.6) is 0 Å². The SMILES string of the molecule is CCOCCC(=O)N(Cc1ccccc1)c1nc2c(C(C)C)cccc2s1. The molecule has 0 saturated carbocycles. The normalized spacial score (nSPS) is 11.3. The summed E-state index contributed by atoms with van der Waals surface area (Å²) >= 11 is 1.58. The number of carbonyl (C=O) groups excluding carboxylic acids is 1. The molecule has 0 radical (unpaired) electrons. The van der Waals surface area contributed by atoms with Crippen molar-refractivity contribution in [2.75, 3.05) is 18.1 Å². The number of anilines is 1. The molecule has 5 heteroatoms. The van der Waals surface area contributed by atoms with E-state index in [-0.39, 0.29) is 5.91 Å². The van der Waals surface area contributed by atoms with Crippen LogP contribution in [0.1, 0.15) is 44.2 Å². The Balaban J connectivity index is 1.95. The van der Waals surface area contributed by atoms with Crippen molar-refractivity contribution >= 4 is 32.6 Å². The highest BCUT2D eigenvalue weighted by molar-refractivity contribution is 7.22. The fraction of sp³-hybridized carbons (Fsp3) is 0.364. The lowest BCUT2D eigenvalue weighted by Crippen LogP contribution is -2.31. The summed E-state index contributed by atoms with van der Waals surface area (Å²) < 4.78 is 6.50. The van der Waals surface area contributed by atoms with E-state index in [1.165, 1.54) is 5.56 Å². The molecule has 4 nitrogen and oxygen atoms in total. The van der Waals surface area contributed by atoms with Crippen molar-refractivity contribution in [3.8, 4) is 0 Å². The first-order valence-corrected chi connectivity index (χ1v) is 10.2. The molecule has 1 aromatic heterocycles. The second-order valence-corrected chi connectivity index (χ2v) is 7.77. The van der Waals surface area contributed by atoms with Gasteiger partial charge < -0.3 is 4.74 Å². The zero-order chi connectivity index (χ0) is 19.2. The predicted molar refractivity (Wildman–Crippen MR) is 112 cm³/mol. The van der Waals surface area contributed by atoms with E-state index in [4.69, 9.17) is 9.72 Å². The first-order valence-electron chi connectivity index (χ1n) is 9.41. The summed E-state index contributed by atoms with van der Waals surface area (Å²) in [5.41, 5.74) is 3.31. The third-order valence-electron chi connectivity index (χ3n) is 4.44. The van der Waals surface area contributed by atoms with Crippen LogP contribution in [0.15, 0.2) is 48.5 Å². The third kappa shape index (κ3) is 4.73. The smallest absolute Gasteiger partial charge is 0.231 e. The zero-order valence-corrected chi connectivity index (χ0v) is 17.0. The first kappa shape index (κ1) is 19.5. The molecule has 0 unspecified atom stereocenters. The molecule has 142 valence electrons. The number of rotatable bonds is 8. The van der Waals surface area contributed by atoms with Crippen LogP contribution in [0.25, 0.3) is 10.2 Å². The van der Waals surface area contributed by atoms with Gasteiger partial charge >= 0.3 is 0 Å². The second kappa shape index (κ2) is 9.11. The van der Waals surface area contributed by atoms with E-state index in [1.54, 1.807) is 16.2 Å². The summed E-state index contributed by atoms with van der Waals surface area (Å²) in [6, 6.07) is 16.3. The number of nitrogens with zero attached hydrogens (tertiary/aromatic N) is 2. The molecule has 0 aliphatic carbocycles. The minimum atomic E-state index is 0.0393. The third-order valence-corrected chi connectivity index (χ3v) is 5.48. The molecule has 1 amide bonds. The number of para-hydroxylation sites is 1. The second-order valence-electron chi connectivity index (χ2n) is 6.76. The van der Waals surface area contributed by atoms with Crippen LogP contribution in [0, 0.1) is 0 Å². The van der Waals surface area contributed by atoms with Crippen molar-refractivity contribution in [2.45, 2.75) is 39.7 Å². The number of amides is 1. The topological polar surface area (TPSA) is 42.4 Å². The monoisotopic (exact) mass is 382 g/mol. The van der Waals surface area contributed by atoms with E-state index in [1.807, 2.05) is 37.3 Å². The van der Waals surface area contributed by atoms with Gasteiger partial charge in [0, 0.05) is 6.61 Å². The summed E-state index contributed by atoms with van der Waals surface area (Å²) in [7, 11) is 0. The Bertz CT molecular complexity index is 890. The lowest BCUT2D eigenvalue weighted by atomic mass is 10.0. The Hall–Kier alpha value is -2.24. The maximum Gasteiger partial charge on any atom is 0.231 e. The molecule has 0 bridgehead atoms. The van der Waals surface area contributed by atoms with E-state index < -0.39 is 0 Å². The number of hydrogen-bond acceptors (Lipinski definition) is 4. The van der Waals surface area contributed by atoms with Gasteiger partial charge in [-0.1, -0.05) is 67.6 Å². The quantitative estimate of drug-likeness (QED) is 0.491. The summed E-state index contributed by atoms with van der Waals surface area (Å²) in [5, 5.41) is 0.753. The Kier molecular flexibility index (Phi) is 6.58. The van der Waals surface area contributed by atoms with E-state index >= 15 is 0 Å². The predicted octanol–water partition coefficient (Wildman–Crippen LogP) is 5.38. The molecule has 0 atom stereocenters. The van der Waals surface area contributed by atoms with Gasteiger partial charge in [-0.15, -0.1) is 0 Å². The van der Waals surface area contributed by atoms with Gasteiger partial charge in [0.25, 0.3) is 0 Å². The van der Waals surface area contributed by atoms with Crippen LogP contribution in [-0.2, 0) is 16.1 Å². The van der Waals surface area contributed by atoms with Crippen molar-refractivity contribution in [3.05, 3.63) is 59.7 Å². The van der Waals surface area contributed by atoms with E-state index in [2.05, 4.69) is 32.0 Å². The Labute approximate surface area is 164 Å². The highest BCUT2D eigenvalue weighted by atomic mass is 32.1. The highest BCUT2D eigenvalue weighted by Gasteiger charge is 2.21. The molecule has 0 fully saturated rings. The minimum Gasteiger partial charge on any atom is -0.381 e. The number of hydrogen-bond donors (Lipinski definition) is 0. The van der Waals surface area contributed by atoms with E-state index in [0.717, 1.165) is 20.9 Å². The Morgan fingerprint density at radius 2 is 1.93 bits per heavy atom. The lowest BCUT2D eigenvalue weighted by molar-refractivity contribution is -0.119. The maximum atomic E-state index is 12.9. The Morgan fingerprint density at radius 3 is 2.63 bits per heavy atom. The number of thiazole rings is 1. The van der Waals surface area contributed by atoms with Crippen LogP contribution in [0.3, 0.4) is 0 Å². The summed E-state index contributed by atoms with van der Waals surface area (Å²) in [6.07, 6.45) is 0.355. The molecule has 27 heavy (non-hydrogen) atoms. The highest BCUT2D eigenvalue weighted by Crippen LogP contribution is 2.34. The molecular formula is C22H26N2O2S. The molecule has 0 aliphatic rings. The number of aromatic nitrogens is 1. The molecule has 2 aromatic carbocycles. The average molecular weight is 383 g/mol. The van der Waals surface area contributed by atoms with E-state index in [9.17, 15) is 4.79 Å². The molecule has 0 spiro atoms. The Morgan fingerprint density at radius 1 is 1.15 bits per heavy atom. The molecular weight excluding hydrogens is 356 g/mol. The van der Waals surface area contributed by atoms with Crippen LogP contribution >= 0.6 is 11.3 Å². The average Bonchev–Trinajstić information content (AvgIpc) is 3.10. The van der Waals surface area contributed by atoms with Crippen molar-refractivity contribution in [3.63, 3.8) is 0 Å². The van der Waals surface area contributed by atoms with Crippen molar-refractivity contribution < 1.29 is 9.53 Å². The molecule has 0 N–H and O–H groups in total. The number of fused-ring (bicyclic) bond motifs is 1. The lowest BCUT2D eigenvalue weighted by Gasteiger charge is -2.20. The van der Waals surface area contributed by atoms with Crippen LogP contribution in [-0.4, -0.2) is 24.1 Å². The number of benzene rings is 2. The van der Waals surface area contributed by atoms with Crippen molar-refractivity contribution in [2.24, 2.45) is 0 Å². The fourth-order valence-electron chi connectivity index (χ4n) is 3.01.